The molecule has 1 aromatic heterocycles. The highest BCUT2D eigenvalue weighted by molar-refractivity contribution is 5.74. The third-order valence-corrected chi connectivity index (χ3v) is 1.74. The molecule has 6 heteroatoms. The van der Waals surface area contributed by atoms with Crippen molar-refractivity contribution in [1.29, 1.82) is 0 Å². The summed E-state index contributed by atoms with van der Waals surface area (Å²) in [5, 5.41) is 0. The van der Waals surface area contributed by atoms with E-state index in [-0.39, 0.29) is 23.5 Å². The number of rotatable bonds is 3. The molecule has 0 saturated carbocycles. The number of pyridine rings is 1. The molecule has 1 aromatic rings. The number of nitrogens with two attached hydrogens (primary N) is 2. The zero-order valence-corrected chi connectivity index (χ0v) is 7.21. The van der Waals surface area contributed by atoms with Crippen LogP contribution in [0.15, 0.2) is 6.07 Å². The molecule has 0 aliphatic rings. The van der Waals surface area contributed by atoms with Crippen LogP contribution in [0.1, 0.15) is 28.2 Å². The SMILES string of the molecule is NCc1c(N)cc(C=O)nc1C(F)F. The Labute approximate surface area is 78.9 Å². The van der Waals surface area contributed by atoms with Gasteiger partial charge in [-0.15, -0.1) is 0 Å². The molecule has 0 atom stereocenters. The summed E-state index contributed by atoms with van der Waals surface area (Å²) in [5.41, 5.74) is 10.2. The summed E-state index contributed by atoms with van der Waals surface area (Å²) < 4.78 is 24.8. The van der Waals surface area contributed by atoms with Crippen molar-refractivity contribution >= 4 is 12.0 Å². The topological polar surface area (TPSA) is 82.0 Å². The fourth-order valence-corrected chi connectivity index (χ4v) is 1.10. The molecule has 0 radical (unpaired) electrons. The van der Waals surface area contributed by atoms with Gasteiger partial charge in [0, 0.05) is 17.8 Å². The number of nitrogen functional groups attached to an aromatic ring is 1. The number of halogens is 2. The van der Waals surface area contributed by atoms with Crippen LogP contribution in [0.2, 0.25) is 0 Å². The fraction of sp³-hybridized carbons (Fsp3) is 0.250. The normalized spacial score (nSPS) is 10.6. The van der Waals surface area contributed by atoms with Crippen molar-refractivity contribution in [3.05, 3.63) is 23.0 Å². The van der Waals surface area contributed by atoms with Gasteiger partial charge in [-0.05, 0) is 6.07 Å². The van der Waals surface area contributed by atoms with E-state index in [1.807, 2.05) is 0 Å². The van der Waals surface area contributed by atoms with Gasteiger partial charge in [-0.2, -0.15) is 0 Å². The first kappa shape index (κ1) is 10.5. The van der Waals surface area contributed by atoms with Gasteiger partial charge in [-0.25, -0.2) is 13.8 Å². The number of aldehydes is 1. The maximum atomic E-state index is 12.4. The summed E-state index contributed by atoms with van der Waals surface area (Å²) in [6.45, 7) is -0.127. The first-order valence-corrected chi connectivity index (χ1v) is 3.82. The van der Waals surface area contributed by atoms with Gasteiger partial charge in [0.25, 0.3) is 6.43 Å². The first-order chi connectivity index (χ1) is 6.60. The summed E-state index contributed by atoms with van der Waals surface area (Å²) in [5.74, 6) is 0. The highest BCUT2D eigenvalue weighted by Crippen LogP contribution is 2.25. The molecule has 0 unspecified atom stereocenters. The number of carbonyl (C=O) groups excluding carboxylic acids is 1. The number of alkyl halides is 2. The predicted molar refractivity (Wildman–Crippen MR) is 46.9 cm³/mol. The molecule has 0 amide bonds. The van der Waals surface area contributed by atoms with E-state index in [4.69, 9.17) is 11.5 Å². The summed E-state index contributed by atoms with van der Waals surface area (Å²) in [7, 11) is 0. The average molecular weight is 201 g/mol. The standard InChI is InChI=1S/C8H9F2N3O/c9-8(10)7-5(2-11)6(12)1-4(3-14)13-7/h1,3,8H,2,11H2,(H2,12,13). The molecular weight excluding hydrogens is 192 g/mol. The van der Waals surface area contributed by atoms with E-state index in [0.717, 1.165) is 0 Å². The summed E-state index contributed by atoms with van der Waals surface area (Å²) in [6.07, 6.45) is -2.42. The van der Waals surface area contributed by atoms with Crippen molar-refractivity contribution in [2.75, 3.05) is 5.73 Å². The van der Waals surface area contributed by atoms with Gasteiger partial charge in [0.05, 0.1) is 0 Å². The summed E-state index contributed by atoms with van der Waals surface area (Å²) in [6, 6.07) is 1.22. The van der Waals surface area contributed by atoms with E-state index >= 15 is 0 Å². The van der Waals surface area contributed by atoms with Crippen molar-refractivity contribution in [3.8, 4) is 0 Å². The molecule has 1 heterocycles. The Morgan fingerprint density at radius 2 is 2.21 bits per heavy atom. The van der Waals surface area contributed by atoms with Crippen molar-refractivity contribution < 1.29 is 13.6 Å². The third-order valence-electron chi connectivity index (χ3n) is 1.74. The van der Waals surface area contributed by atoms with Crippen LogP contribution < -0.4 is 11.5 Å². The molecule has 0 spiro atoms. The maximum absolute atomic E-state index is 12.4. The van der Waals surface area contributed by atoms with Crippen LogP contribution in [0, 0.1) is 0 Å². The highest BCUT2D eigenvalue weighted by atomic mass is 19.3. The van der Waals surface area contributed by atoms with Crippen LogP contribution in [0.25, 0.3) is 0 Å². The Morgan fingerprint density at radius 1 is 1.57 bits per heavy atom. The second-order valence-electron chi connectivity index (χ2n) is 2.62. The van der Waals surface area contributed by atoms with Crippen molar-refractivity contribution in [2.24, 2.45) is 5.73 Å². The molecule has 0 fully saturated rings. The molecule has 1 rings (SSSR count). The van der Waals surface area contributed by atoms with Gasteiger partial charge < -0.3 is 11.5 Å². The van der Waals surface area contributed by atoms with E-state index in [9.17, 15) is 13.6 Å². The Kier molecular flexibility index (Phi) is 3.08. The second-order valence-corrected chi connectivity index (χ2v) is 2.62. The lowest BCUT2D eigenvalue weighted by atomic mass is 10.1. The highest BCUT2D eigenvalue weighted by Gasteiger charge is 2.17. The van der Waals surface area contributed by atoms with E-state index in [1.165, 1.54) is 6.07 Å². The lowest BCUT2D eigenvalue weighted by Crippen LogP contribution is -2.10. The van der Waals surface area contributed by atoms with Crippen molar-refractivity contribution in [1.82, 2.24) is 4.98 Å². The largest absolute Gasteiger partial charge is 0.398 e. The second kappa shape index (κ2) is 4.10. The van der Waals surface area contributed by atoms with Gasteiger partial charge >= 0.3 is 0 Å². The third kappa shape index (κ3) is 1.85. The number of aromatic nitrogens is 1. The van der Waals surface area contributed by atoms with Crippen LogP contribution >= 0.6 is 0 Å². The molecule has 4 N–H and O–H groups in total. The Hall–Kier alpha value is -1.56. The average Bonchev–Trinajstić information content (AvgIpc) is 2.16. The fourth-order valence-electron chi connectivity index (χ4n) is 1.10. The van der Waals surface area contributed by atoms with Crippen LogP contribution in [0.4, 0.5) is 14.5 Å². The number of carbonyl (C=O) groups is 1. The van der Waals surface area contributed by atoms with Crippen molar-refractivity contribution in [2.45, 2.75) is 13.0 Å². The number of nitrogens with zero attached hydrogens (tertiary/aromatic N) is 1. The van der Waals surface area contributed by atoms with Gasteiger partial charge in [-0.3, -0.25) is 4.79 Å². The lowest BCUT2D eigenvalue weighted by Gasteiger charge is -2.09. The van der Waals surface area contributed by atoms with Gasteiger partial charge in [0.1, 0.15) is 11.4 Å². The van der Waals surface area contributed by atoms with Crippen molar-refractivity contribution in [3.63, 3.8) is 0 Å². The molecule has 0 aliphatic carbocycles. The Bertz CT molecular complexity index is 355. The van der Waals surface area contributed by atoms with Gasteiger partial charge in [0.2, 0.25) is 0 Å². The minimum atomic E-state index is -2.78. The van der Waals surface area contributed by atoms with Crippen LogP contribution in [0.3, 0.4) is 0 Å². The maximum Gasteiger partial charge on any atom is 0.280 e. The van der Waals surface area contributed by atoms with Gasteiger partial charge in [0.15, 0.2) is 6.29 Å². The summed E-state index contributed by atoms with van der Waals surface area (Å²) in [4.78, 5) is 13.8. The smallest absolute Gasteiger partial charge is 0.280 e. The molecule has 76 valence electrons. The van der Waals surface area contributed by atoms with Crippen LogP contribution in [-0.2, 0) is 6.54 Å². The van der Waals surface area contributed by atoms with Crippen LogP contribution in [0.5, 0.6) is 0 Å². The van der Waals surface area contributed by atoms with E-state index in [2.05, 4.69) is 4.98 Å². The molecule has 0 bridgehead atoms. The number of hydrogen-bond donors (Lipinski definition) is 2. The molecule has 0 aromatic carbocycles. The van der Waals surface area contributed by atoms with Crippen LogP contribution in [-0.4, -0.2) is 11.3 Å². The summed E-state index contributed by atoms with van der Waals surface area (Å²) >= 11 is 0. The minimum Gasteiger partial charge on any atom is -0.398 e. The first-order valence-electron chi connectivity index (χ1n) is 3.82. The zero-order chi connectivity index (χ0) is 10.7. The molecule has 4 nitrogen and oxygen atoms in total. The quantitative estimate of drug-likeness (QED) is 0.711. The van der Waals surface area contributed by atoms with E-state index < -0.39 is 12.1 Å². The monoisotopic (exact) mass is 201 g/mol. The predicted octanol–water partition coefficient (Wildman–Crippen LogP) is 0.873. The number of hydrogen-bond acceptors (Lipinski definition) is 4. The molecule has 14 heavy (non-hydrogen) atoms. The Morgan fingerprint density at radius 3 is 2.64 bits per heavy atom. The van der Waals surface area contributed by atoms with Gasteiger partial charge in [-0.1, -0.05) is 0 Å². The minimum absolute atomic E-state index is 0.0694. The molecule has 0 aliphatic heterocycles. The Balaban J connectivity index is 3.35. The molecular formula is C8H9F2N3O. The zero-order valence-electron chi connectivity index (χ0n) is 7.21. The van der Waals surface area contributed by atoms with E-state index in [1.54, 1.807) is 0 Å². The lowest BCUT2D eigenvalue weighted by molar-refractivity contribution is 0.111. The number of anilines is 1. The van der Waals surface area contributed by atoms with E-state index in [0.29, 0.717) is 6.29 Å². The molecule has 0 saturated heterocycles.